The van der Waals surface area contributed by atoms with Crippen LogP contribution in [0, 0.1) is 0 Å². The molecular formula is C13H18ClN3O2. The zero-order valence-corrected chi connectivity index (χ0v) is 11.7. The Kier molecular flexibility index (Phi) is 3.86. The Labute approximate surface area is 117 Å². The van der Waals surface area contributed by atoms with Crippen molar-refractivity contribution in [3.63, 3.8) is 0 Å². The van der Waals surface area contributed by atoms with Crippen LogP contribution in [0.2, 0.25) is 5.15 Å². The summed E-state index contributed by atoms with van der Waals surface area (Å²) < 4.78 is 11.1. The number of fused-ring (bicyclic) bond motifs is 2. The second-order valence-corrected chi connectivity index (χ2v) is 5.38. The highest BCUT2D eigenvalue weighted by Gasteiger charge is 2.40. The fourth-order valence-corrected chi connectivity index (χ4v) is 2.98. The first-order chi connectivity index (χ1) is 9.24. The standard InChI is InChI=1S/C13H18ClN3O2/c1-2-18-7-13-16-11(14)6-12(17-13)15-9-5-8-3-4-10(9)19-8/h6,8-10H,2-5,7H2,1H3,(H,15,16,17). The van der Waals surface area contributed by atoms with Crippen LogP contribution in [0.4, 0.5) is 5.82 Å². The van der Waals surface area contributed by atoms with Gasteiger partial charge in [0.25, 0.3) is 0 Å². The minimum absolute atomic E-state index is 0.314. The monoisotopic (exact) mass is 283 g/mol. The molecule has 3 heterocycles. The van der Waals surface area contributed by atoms with Gasteiger partial charge in [-0.05, 0) is 26.2 Å². The van der Waals surface area contributed by atoms with Crippen LogP contribution in [0.5, 0.6) is 0 Å². The van der Waals surface area contributed by atoms with Crippen LogP contribution < -0.4 is 5.32 Å². The number of anilines is 1. The summed E-state index contributed by atoms with van der Waals surface area (Å²) in [6.45, 7) is 2.97. The number of nitrogens with zero attached hydrogens (tertiary/aromatic N) is 2. The van der Waals surface area contributed by atoms with Crippen LogP contribution in [-0.4, -0.2) is 34.8 Å². The summed E-state index contributed by atoms with van der Waals surface area (Å²) in [6.07, 6.45) is 4.10. The SMILES string of the molecule is CCOCc1nc(Cl)cc(NC2CC3CCC2O3)n1. The first-order valence-electron chi connectivity index (χ1n) is 6.78. The van der Waals surface area contributed by atoms with Crippen LogP contribution in [0.3, 0.4) is 0 Å². The number of aromatic nitrogens is 2. The highest BCUT2D eigenvalue weighted by atomic mass is 35.5. The summed E-state index contributed by atoms with van der Waals surface area (Å²) in [5.74, 6) is 1.37. The van der Waals surface area contributed by atoms with Crippen molar-refractivity contribution < 1.29 is 9.47 Å². The maximum absolute atomic E-state index is 6.02. The van der Waals surface area contributed by atoms with Crippen LogP contribution >= 0.6 is 11.6 Å². The molecule has 3 unspecified atom stereocenters. The van der Waals surface area contributed by atoms with Gasteiger partial charge < -0.3 is 14.8 Å². The Morgan fingerprint density at radius 3 is 3.05 bits per heavy atom. The largest absolute Gasteiger partial charge is 0.374 e. The molecule has 5 nitrogen and oxygen atoms in total. The van der Waals surface area contributed by atoms with Crippen LogP contribution in [0.15, 0.2) is 6.07 Å². The molecule has 6 heteroatoms. The second-order valence-electron chi connectivity index (χ2n) is 4.99. The highest BCUT2D eigenvalue weighted by Crippen LogP contribution is 2.35. The lowest BCUT2D eigenvalue weighted by Crippen LogP contribution is -2.31. The minimum Gasteiger partial charge on any atom is -0.374 e. The van der Waals surface area contributed by atoms with Crippen LogP contribution in [-0.2, 0) is 16.1 Å². The Hall–Kier alpha value is -0.910. The molecule has 0 saturated carbocycles. The number of rotatable bonds is 5. The van der Waals surface area contributed by atoms with E-state index in [4.69, 9.17) is 21.1 Å². The molecular weight excluding hydrogens is 266 g/mol. The summed E-state index contributed by atoms with van der Waals surface area (Å²) in [6, 6.07) is 2.09. The zero-order chi connectivity index (χ0) is 13.2. The van der Waals surface area contributed by atoms with Gasteiger partial charge in [-0.3, -0.25) is 0 Å². The van der Waals surface area contributed by atoms with E-state index in [1.165, 1.54) is 6.42 Å². The van der Waals surface area contributed by atoms with Crippen molar-refractivity contribution in [1.29, 1.82) is 0 Å². The molecule has 3 rings (SSSR count). The third kappa shape index (κ3) is 2.99. The molecule has 2 bridgehead atoms. The summed E-state index contributed by atoms with van der Waals surface area (Å²) >= 11 is 6.02. The quantitative estimate of drug-likeness (QED) is 0.841. The van der Waals surface area contributed by atoms with E-state index in [1.807, 2.05) is 6.92 Å². The van der Waals surface area contributed by atoms with E-state index in [1.54, 1.807) is 6.07 Å². The molecule has 19 heavy (non-hydrogen) atoms. The molecule has 2 fully saturated rings. The molecule has 1 N–H and O–H groups in total. The summed E-state index contributed by atoms with van der Waals surface area (Å²) in [5, 5.41) is 3.85. The van der Waals surface area contributed by atoms with E-state index >= 15 is 0 Å². The van der Waals surface area contributed by atoms with Gasteiger partial charge in [-0.2, -0.15) is 0 Å². The van der Waals surface area contributed by atoms with Crippen LogP contribution in [0.25, 0.3) is 0 Å². The van der Waals surface area contributed by atoms with Gasteiger partial charge in [0.05, 0.1) is 18.2 Å². The smallest absolute Gasteiger partial charge is 0.158 e. The van der Waals surface area contributed by atoms with E-state index in [2.05, 4.69) is 15.3 Å². The maximum atomic E-state index is 6.02. The molecule has 1 aromatic rings. The lowest BCUT2D eigenvalue weighted by molar-refractivity contribution is 0.102. The molecule has 0 amide bonds. The van der Waals surface area contributed by atoms with Gasteiger partial charge in [0.15, 0.2) is 5.82 Å². The topological polar surface area (TPSA) is 56.3 Å². The van der Waals surface area contributed by atoms with E-state index in [0.29, 0.717) is 42.4 Å². The molecule has 1 aromatic heterocycles. The summed E-state index contributed by atoms with van der Waals surface area (Å²) in [4.78, 5) is 8.58. The zero-order valence-electron chi connectivity index (χ0n) is 10.9. The molecule has 104 valence electrons. The molecule has 0 radical (unpaired) electrons. The van der Waals surface area contributed by atoms with Gasteiger partial charge in [0, 0.05) is 12.7 Å². The summed E-state index contributed by atoms with van der Waals surface area (Å²) in [7, 11) is 0. The minimum atomic E-state index is 0.314. The van der Waals surface area contributed by atoms with Crippen molar-refractivity contribution in [2.24, 2.45) is 0 Å². The molecule has 2 aliphatic heterocycles. The molecule has 0 aromatic carbocycles. The number of hydrogen-bond donors (Lipinski definition) is 1. The highest BCUT2D eigenvalue weighted by molar-refractivity contribution is 6.29. The molecule has 2 aliphatic rings. The molecule has 3 atom stereocenters. The molecule has 2 saturated heterocycles. The van der Waals surface area contributed by atoms with Crippen molar-refractivity contribution in [1.82, 2.24) is 9.97 Å². The lowest BCUT2D eigenvalue weighted by Gasteiger charge is -2.20. The van der Waals surface area contributed by atoms with Gasteiger partial charge >= 0.3 is 0 Å². The molecule has 0 spiro atoms. The van der Waals surface area contributed by atoms with Gasteiger partial charge in [0.1, 0.15) is 17.6 Å². The van der Waals surface area contributed by atoms with Crippen LogP contribution in [0.1, 0.15) is 32.0 Å². The first kappa shape index (κ1) is 13.1. The Morgan fingerprint density at radius 1 is 1.47 bits per heavy atom. The average molecular weight is 284 g/mol. The fourth-order valence-electron chi connectivity index (χ4n) is 2.78. The first-order valence-corrected chi connectivity index (χ1v) is 7.15. The van der Waals surface area contributed by atoms with Gasteiger partial charge in [0.2, 0.25) is 0 Å². The number of halogens is 1. The number of hydrogen-bond acceptors (Lipinski definition) is 5. The third-order valence-corrected chi connectivity index (χ3v) is 3.81. The van der Waals surface area contributed by atoms with Crippen molar-refractivity contribution >= 4 is 17.4 Å². The Bertz CT molecular complexity index is 458. The number of ether oxygens (including phenoxy) is 2. The molecule has 0 aliphatic carbocycles. The van der Waals surface area contributed by atoms with Crippen molar-refractivity contribution in [2.45, 2.75) is 51.0 Å². The third-order valence-electron chi connectivity index (χ3n) is 3.62. The normalized spacial score (nSPS) is 28.8. The number of nitrogens with one attached hydrogen (secondary N) is 1. The second kappa shape index (κ2) is 5.61. The van der Waals surface area contributed by atoms with Crippen molar-refractivity contribution in [2.75, 3.05) is 11.9 Å². The van der Waals surface area contributed by atoms with E-state index in [-0.39, 0.29) is 0 Å². The lowest BCUT2D eigenvalue weighted by atomic mass is 9.95. The van der Waals surface area contributed by atoms with Gasteiger partial charge in [-0.25, -0.2) is 9.97 Å². The average Bonchev–Trinajstić information content (AvgIpc) is 2.98. The van der Waals surface area contributed by atoms with Gasteiger partial charge in [-0.15, -0.1) is 0 Å². The Balaban J connectivity index is 1.68. The summed E-state index contributed by atoms with van der Waals surface area (Å²) in [5.41, 5.74) is 0. The van der Waals surface area contributed by atoms with E-state index in [0.717, 1.165) is 18.7 Å². The Morgan fingerprint density at radius 2 is 2.37 bits per heavy atom. The predicted molar refractivity (Wildman–Crippen MR) is 72.3 cm³/mol. The fraction of sp³-hybridized carbons (Fsp3) is 0.692. The van der Waals surface area contributed by atoms with Gasteiger partial charge in [-0.1, -0.05) is 11.6 Å². The van der Waals surface area contributed by atoms with E-state index < -0.39 is 0 Å². The predicted octanol–water partition coefficient (Wildman–Crippen LogP) is 2.40. The van der Waals surface area contributed by atoms with Crippen molar-refractivity contribution in [3.05, 3.63) is 17.0 Å². The maximum Gasteiger partial charge on any atom is 0.158 e. The van der Waals surface area contributed by atoms with E-state index in [9.17, 15) is 0 Å². The van der Waals surface area contributed by atoms with Crippen molar-refractivity contribution in [3.8, 4) is 0 Å².